The Morgan fingerprint density at radius 1 is 1.40 bits per heavy atom. The van der Waals surface area contributed by atoms with Gasteiger partial charge in [-0.05, 0) is 19.9 Å². The molecule has 0 unspecified atom stereocenters. The Hall–Kier alpha value is -1.70. The largest absolute Gasteiger partial charge is 0.320 e. The summed E-state index contributed by atoms with van der Waals surface area (Å²) in [5.74, 6) is 0. The third kappa shape index (κ3) is 2.74. The van der Waals surface area contributed by atoms with Gasteiger partial charge in [-0.15, -0.1) is 5.10 Å². The molecular weight excluding hydrogens is 305 g/mol. The van der Waals surface area contributed by atoms with Crippen LogP contribution in [0.3, 0.4) is 0 Å². The summed E-state index contributed by atoms with van der Waals surface area (Å²) in [4.78, 5) is 10.5. The van der Waals surface area contributed by atoms with Gasteiger partial charge in [0, 0.05) is 11.1 Å². The second kappa shape index (κ2) is 5.01. The van der Waals surface area contributed by atoms with Gasteiger partial charge in [0.25, 0.3) is 5.69 Å². The molecule has 0 spiro atoms. The first kappa shape index (κ1) is 14.7. The van der Waals surface area contributed by atoms with Gasteiger partial charge in [-0.1, -0.05) is 28.4 Å². The predicted molar refractivity (Wildman–Crippen MR) is 75.2 cm³/mol. The minimum atomic E-state index is -0.716. The van der Waals surface area contributed by atoms with Gasteiger partial charge >= 0.3 is 0 Å². The standard InChI is InChI=1S/C11H11Cl2N5O2/c1-11(2,14)9-5-17(16-15-9)10-7(13)3-6(12)4-8(10)18(19)20/h3-5H,14H2,1-2H3. The first-order valence-corrected chi connectivity index (χ1v) is 6.31. The lowest BCUT2D eigenvalue weighted by molar-refractivity contribution is -0.384. The summed E-state index contributed by atoms with van der Waals surface area (Å²) in [6.45, 7) is 3.50. The monoisotopic (exact) mass is 315 g/mol. The lowest BCUT2D eigenvalue weighted by Gasteiger charge is -2.13. The molecule has 0 atom stereocenters. The molecule has 0 amide bonds. The molecule has 0 fully saturated rings. The first-order chi connectivity index (χ1) is 9.20. The number of nitro benzene ring substituents is 1. The molecule has 0 radical (unpaired) electrons. The summed E-state index contributed by atoms with van der Waals surface area (Å²) in [7, 11) is 0. The molecular formula is C11H11Cl2N5O2. The van der Waals surface area contributed by atoms with E-state index < -0.39 is 10.5 Å². The fourth-order valence-corrected chi connectivity index (χ4v) is 2.16. The van der Waals surface area contributed by atoms with Crippen molar-refractivity contribution < 1.29 is 4.92 Å². The normalized spacial score (nSPS) is 11.7. The number of benzene rings is 1. The van der Waals surface area contributed by atoms with E-state index >= 15 is 0 Å². The zero-order valence-electron chi connectivity index (χ0n) is 10.7. The Morgan fingerprint density at radius 2 is 2.05 bits per heavy atom. The van der Waals surface area contributed by atoms with Gasteiger partial charge in [0.15, 0.2) is 5.69 Å². The van der Waals surface area contributed by atoms with Crippen LogP contribution in [0.15, 0.2) is 18.3 Å². The topological polar surface area (TPSA) is 99.9 Å². The van der Waals surface area contributed by atoms with Crippen molar-refractivity contribution in [2.45, 2.75) is 19.4 Å². The van der Waals surface area contributed by atoms with Crippen LogP contribution >= 0.6 is 23.2 Å². The van der Waals surface area contributed by atoms with Crippen LogP contribution in [0.5, 0.6) is 0 Å². The first-order valence-electron chi connectivity index (χ1n) is 5.55. The van der Waals surface area contributed by atoms with Crippen molar-refractivity contribution in [2.75, 3.05) is 0 Å². The zero-order valence-corrected chi connectivity index (χ0v) is 12.2. The molecule has 106 valence electrons. The average molecular weight is 316 g/mol. The van der Waals surface area contributed by atoms with Crippen molar-refractivity contribution in [3.05, 3.63) is 44.2 Å². The van der Waals surface area contributed by atoms with Crippen LogP contribution in [0.25, 0.3) is 5.69 Å². The molecule has 1 aromatic heterocycles. The van der Waals surface area contributed by atoms with E-state index in [-0.39, 0.29) is 21.4 Å². The molecule has 0 saturated heterocycles. The number of hydrogen-bond acceptors (Lipinski definition) is 5. The van der Waals surface area contributed by atoms with Crippen LogP contribution in [0.4, 0.5) is 5.69 Å². The third-order valence-electron chi connectivity index (χ3n) is 2.59. The fraction of sp³-hybridized carbons (Fsp3) is 0.273. The SMILES string of the molecule is CC(C)(N)c1cn(-c2c(Cl)cc(Cl)cc2[N+](=O)[O-])nn1. The van der Waals surface area contributed by atoms with Gasteiger partial charge in [0.2, 0.25) is 0 Å². The summed E-state index contributed by atoms with van der Waals surface area (Å²) in [6.07, 6.45) is 1.50. The molecule has 0 aliphatic heterocycles. The molecule has 9 heteroatoms. The molecule has 0 aliphatic carbocycles. The Morgan fingerprint density at radius 3 is 2.55 bits per heavy atom. The molecule has 20 heavy (non-hydrogen) atoms. The Balaban J connectivity index is 2.63. The second-order valence-electron chi connectivity index (χ2n) is 4.78. The maximum atomic E-state index is 11.1. The number of halogens is 2. The highest BCUT2D eigenvalue weighted by Gasteiger charge is 2.24. The van der Waals surface area contributed by atoms with E-state index in [0.717, 1.165) is 0 Å². The summed E-state index contributed by atoms with van der Waals surface area (Å²) < 4.78 is 1.22. The van der Waals surface area contributed by atoms with E-state index in [9.17, 15) is 10.1 Å². The van der Waals surface area contributed by atoms with Crippen LogP contribution in [0.1, 0.15) is 19.5 Å². The van der Waals surface area contributed by atoms with Crippen LogP contribution in [0.2, 0.25) is 10.0 Å². The Kier molecular flexibility index (Phi) is 3.68. The zero-order chi connectivity index (χ0) is 15.1. The highest BCUT2D eigenvalue weighted by molar-refractivity contribution is 6.36. The predicted octanol–water partition coefficient (Wildman–Crippen LogP) is 2.68. The smallest absolute Gasteiger partial charge is 0.297 e. The highest BCUT2D eigenvalue weighted by atomic mass is 35.5. The van der Waals surface area contributed by atoms with Crippen LogP contribution in [-0.4, -0.2) is 19.9 Å². The maximum absolute atomic E-state index is 11.1. The molecule has 2 N–H and O–H groups in total. The van der Waals surface area contributed by atoms with Crippen molar-refractivity contribution in [3.8, 4) is 5.69 Å². The molecule has 0 saturated carbocycles. The third-order valence-corrected chi connectivity index (χ3v) is 3.09. The molecule has 1 heterocycles. The van der Waals surface area contributed by atoms with Crippen molar-refractivity contribution >= 4 is 28.9 Å². The Bertz CT molecular complexity index is 678. The molecule has 2 rings (SSSR count). The van der Waals surface area contributed by atoms with E-state index in [1.54, 1.807) is 13.8 Å². The van der Waals surface area contributed by atoms with Crippen LogP contribution in [-0.2, 0) is 5.54 Å². The summed E-state index contributed by atoms with van der Waals surface area (Å²) in [5.41, 5.74) is 5.52. The highest BCUT2D eigenvalue weighted by Crippen LogP contribution is 2.33. The van der Waals surface area contributed by atoms with Gasteiger partial charge in [-0.25, -0.2) is 4.68 Å². The molecule has 2 aromatic rings. The van der Waals surface area contributed by atoms with E-state index in [2.05, 4.69) is 10.3 Å². The van der Waals surface area contributed by atoms with Gasteiger partial charge in [-0.3, -0.25) is 10.1 Å². The lowest BCUT2D eigenvalue weighted by Crippen LogP contribution is -2.29. The number of nitrogens with two attached hydrogens (primary N) is 1. The molecule has 0 bridgehead atoms. The second-order valence-corrected chi connectivity index (χ2v) is 5.63. The average Bonchev–Trinajstić information content (AvgIpc) is 2.76. The maximum Gasteiger partial charge on any atom is 0.297 e. The van der Waals surface area contributed by atoms with Gasteiger partial charge in [0.05, 0.1) is 21.7 Å². The minimum absolute atomic E-state index is 0.101. The quantitative estimate of drug-likeness (QED) is 0.693. The number of hydrogen-bond donors (Lipinski definition) is 1. The summed E-state index contributed by atoms with van der Waals surface area (Å²) in [6, 6.07) is 2.61. The number of aromatic nitrogens is 3. The molecule has 7 nitrogen and oxygen atoms in total. The van der Waals surface area contributed by atoms with E-state index in [1.807, 2.05) is 0 Å². The van der Waals surface area contributed by atoms with E-state index in [1.165, 1.54) is 23.0 Å². The number of nitro groups is 1. The van der Waals surface area contributed by atoms with Crippen molar-refractivity contribution in [3.63, 3.8) is 0 Å². The van der Waals surface area contributed by atoms with Gasteiger partial charge < -0.3 is 5.73 Å². The van der Waals surface area contributed by atoms with Crippen molar-refractivity contribution in [1.82, 2.24) is 15.0 Å². The van der Waals surface area contributed by atoms with Crippen molar-refractivity contribution in [2.24, 2.45) is 5.73 Å². The summed E-state index contributed by atoms with van der Waals surface area (Å²) in [5, 5.41) is 19.1. The number of nitrogens with zero attached hydrogens (tertiary/aromatic N) is 4. The van der Waals surface area contributed by atoms with Crippen LogP contribution in [0, 0.1) is 10.1 Å². The minimum Gasteiger partial charge on any atom is -0.320 e. The fourth-order valence-electron chi connectivity index (χ4n) is 1.59. The Labute approximate surface area is 124 Å². The van der Waals surface area contributed by atoms with Gasteiger partial charge in [0.1, 0.15) is 5.69 Å². The van der Waals surface area contributed by atoms with E-state index in [0.29, 0.717) is 5.69 Å². The molecule has 0 aliphatic rings. The van der Waals surface area contributed by atoms with E-state index in [4.69, 9.17) is 28.9 Å². The number of rotatable bonds is 3. The lowest BCUT2D eigenvalue weighted by atomic mass is 10.0. The van der Waals surface area contributed by atoms with Crippen molar-refractivity contribution in [1.29, 1.82) is 0 Å². The van der Waals surface area contributed by atoms with Gasteiger partial charge in [-0.2, -0.15) is 0 Å². The van der Waals surface area contributed by atoms with Crippen LogP contribution < -0.4 is 5.73 Å². The summed E-state index contributed by atoms with van der Waals surface area (Å²) >= 11 is 11.8. The molecule has 1 aromatic carbocycles.